The van der Waals surface area contributed by atoms with Gasteiger partial charge in [0, 0.05) is 34.9 Å². The number of halogens is 1. The number of anilines is 1. The minimum atomic E-state index is -0.453. The molecule has 1 saturated carbocycles. The first kappa shape index (κ1) is 22.6. The summed E-state index contributed by atoms with van der Waals surface area (Å²) >= 11 is 5.99. The van der Waals surface area contributed by atoms with Crippen molar-refractivity contribution in [1.29, 1.82) is 0 Å². The van der Waals surface area contributed by atoms with Gasteiger partial charge in [0.1, 0.15) is 0 Å². The fourth-order valence-electron chi connectivity index (χ4n) is 4.99. The summed E-state index contributed by atoms with van der Waals surface area (Å²) in [5.41, 5.74) is 1.90. The van der Waals surface area contributed by atoms with E-state index in [1.54, 1.807) is 12.1 Å². The molecule has 2 atom stereocenters. The van der Waals surface area contributed by atoms with E-state index in [9.17, 15) is 14.9 Å². The van der Waals surface area contributed by atoms with Crippen LogP contribution in [0.4, 0.5) is 16.2 Å². The zero-order chi connectivity index (χ0) is 22.5. The molecule has 0 unspecified atom stereocenters. The highest BCUT2D eigenvalue weighted by Crippen LogP contribution is 2.30. The summed E-state index contributed by atoms with van der Waals surface area (Å²) in [5, 5.41) is 17.5. The lowest BCUT2D eigenvalue weighted by atomic mass is 9.89. The number of non-ortho nitro benzene ring substituents is 1. The third-order valence-corrected chi connectivity index (χ3v) is 6.94. The van der Waals surface area contributed by atoms with E-state index >= 15 is 0 Å². The molecule has 0 spiro atoms. The van der Waals surface area contributed by atoms with E-state index in [0.717, 1.165) is 43.8 Å². The van der Waals surface area contributed by atoms with Crippen molar-refractivity contribution in [2.24, 2.45) is 5.92 Å². The highest BCUT2D eigenvalue weighted by molar-refractivity contribution is 6.30. The maximum absolute atomic E-state index is 12.5. The molecule has 32 heavy (non-hydrogen) atoms. The molecule has 170 valence electrons. The fourth-order valence-corrected chi connectivity index (χ4v) is 5.12. The van der Waals surface area contributed by atoms with E-state index in [1.807, 2.05) is 12.1 Å². The molecule has 4 rings (SSSR count). The number of nitro benzene ring substituents is 1. The summed E-state index contributed by atoms with van der Waals surface area (Å²) in [7, 11) is 0. The van der Waals surface area contributed by atoms with Crippen molar-refractivity contribution in [2.45, 2.75) is 50.6 Å². The quantitative estimate of drug-likeness (QED) is 0.459. The number of piperidine rings is 1. The molecule has 8 heteroatoms. The molecular weight excluding hydrogens is 428 g/mol. The van der Waals surface area contributed by atoms with Gasteiger partial charge in [0.25, 0.3) is 5.69 Å². The number of rotatable bonds is 6. The van der Waals surface area contributed by atoms with Crippen LogP contribution in [0.5, 0.6) is 0 Å². The summed E-state index contributed by atoms with van der Waals surface area (Å²) in [6.45, 7) is 2.12. The Morgan fingerprint density at radius 1 is 1.03 bits per heavy atom. The third-order valence-electron chi connectivity index (χ3n) is 6.69. The lowest BCUT2D eigenvalue weighted by Crippen LogP contribution is -2.52. The number of hydrogen-bond acceptors (Lipinski definition) is 4. The molecule has 2 aromatic rings. The van der Waals surface area contributed by atoms with Crippen LogP contribution in [0, 0.1) is 16.0 Å². The van der Waals surface area contributed by atoms with Crippen molar-refractivity contribution in [3.63, 3.8) is 0 Å². The number of urea groups is 1. The molecule has 1 saturated heterocycles. The van der Waals surface area contributed by atoms with Crippen molar-refractivity contribution in [3.8, 4) is 0 Å². The Morgan fingerprint density at radius 3 is 2.38 bits per heavy atom. The normalized spacial score (nSPS) is 21.9. The van der Waals surface area contributed by atoms with Crippen LogP contribution in [-0.4, -0.2) is 41.0 Å². The average molecular weight is 457 g/mol. The number of hydrogen-bond donors (Lipinski definition) is 2. The molecule has 1 aliphatic heterocycles. The van der Waals surface area contributed by atoms with Crippen LogP contribution in [0.3, 0.4) is 0 Å². The van der Waals surface area contributed by atoms with Gasteiger partial charge in [0.15, 0.2) is 0 Å². The molecule has 2 fully saturated rings. The van der Waals surface area contributed by atoms with Gasteiger partial charge in [-0.3, -0.25) is 15.0 Å². The van der Waals surface area contributed by atoms with Crippen molar-refractivity contribution in [1.82, 2.24) is 10.2 Å². The SMILES string of the molecule is O=C(Nc1ccc([N+](=O)[O-])cc1)N[C@@H]1CCC[C@H]1N1CCC(Cc2ccc(Cl)cc2)CC1. The molecule has 0 radical (unpaired) electrons. The summed E-state index contributed by atoms with van der Waals surface area (Å²) in [6, 6.07) is 14.3. The first-order valence-electron chi connectivity index (χ1n) is 11.3. The zero-order valence-electron chi connectivity index (χ0n) is 18.0. The number of amides is 2. The Labute approximate surface area is 193 Å². The topological polar surface area (TPSA) is 87.5 Å². The predicted octanol–water partition coefficient (Wildman–Crippen LogP) is 5.25. The standard InChI is InChI=1S/C24H29ClN4O3/c25-19-6-4-17(5-7-19)16-18-12-14-28(15-13-18)23-3-1-2-22(23)27-24(30)26-20-8-10-21(11-9-20)29(31)32/h4-11,18,22-23H,1-3,12-16H2,(H2,26,27,30)/t22-,23-/m1/s1. The van der Waals surface area contributed by atoms with Gasteiger partial charge in [-0.05, 0) is 87.4 Å². The van der Waals surface area contributed by atoms with E-state index in [4.69, 9.17) is 11.6 Å². The van der Waals surface area contributed by atoms with Gasteiger partial charge >= 0.3 is 6.03 Å². The van der Waals surface area contributed by atoms with Gasteiger partial charge in [-0.1, -0.05) is 23.7 Å². The van der Waals surface area contributed by atoms with Crippen LogP contribution >= 0.6 is 11.6 Å². The summed E-state index contributed by atoms with van der Waals surface area (Å²) < 4.78 is 0. The second kappa shape index (κ2) is 10.3. The summed E-state index contributed by atoms with van der Waals surface area (Å²) in [5.74, 6) is 0.686. The first-order chi connectivity index (χ1) is 15.5. The van der Waals surface area contributed by atoms with Crippen LogP contribution < -0.4 is 10.6 Å². The molecule has 0 aromatic heterocycles. The number of nitro groups is 1. The number of likely N-dealkylation sites (tertiary alicyclic amines) is 1. The van der Waals surface area contributed by atoms with E-state index in [2.05, 4.69) is 27.7 Å². The van der Waals surface area contributed by atoms with Crippen molar-refractivity contribution in [3.05, 3.63) is 69.2 Å². The Balaban J connectivity index is 1.26. The lowest BCUT2D eigenvalue weighted by Gasteiger charge is -2.38. The second-order valence-electron chi connectivity index (χ2n) is 8.82. The second-order valence-corrected chi connectivity index (χ2v) is 9.25. The van der Waals surface area contributed by atoms with E-state index in [0.29, 0.717) is 17.6 Å². The molecule has 0 bridgehead atoms. The van der Waals surface area contributed by atoms with Crippen molar-refractivity contribution in [2.75, 3.05) is 18.4 Å². The van der Waals surface area contributed by atoms with Gasteiger partial charge in [-0.15, -0.1) is 0 Å². The van der Waals surface area contributed by atoms with Crippen LogP contribution in [0.15, 0.2) is 48.5 Å². The van der Waals surface area contributed by atoms with Gasteiger partial charge in [-0.2, -0.15) is 0 Å². The van der Waals surface area contributed by atoms with E-state index in [1.165, 1.54) is 30.5 Å². The summed E-state index contributed by atoms with van der Waals surface area (Å²) in [4.78, 5) is 25.4. The molecule has 2 aliphatic rings. The average Bonchev–Trinajstić information content (AvgIpc) is 3.24. The fraction of sp³-hybridized carbons (Fsp3) is 0.458. The van der Waals surface area contributed by atoms with E-state index < -0.39 is 4.92 Å². The number of benzene rings is 2. The monoisotopic (exact) mass is 456 g/mol. The highest BCUT2D eigenvalue weighted by atomic mass is 35.5. The Kier molecular flexibility index (Phi) is 7.27. The molecule has 1 heterocycles. The summed E-state index contributed by atoms with van der Waals surface area (Å²) in [6.07, 6.45) is 6.61. The first-order valence-corrected chi connectivity index (χ1v) is 11.7. The van der Waals surface area contributed by atoms with Crippen LogP contribution in [-0.2, 0) is 6.42 Å². The Hall–Kier alpha value is -2.64. The largest absolute Gasteiger partial charge is 0.334 e. The lowest BCUT2D eigenvalue weighted by molar-refractivity contribution is -0.384. The number of nitrogens with zero attached hydrogens (tertiary/aromatic N) is 2. The molecule has 7 nitrogen and oxygen atoms in total. The number of nitrogens with one attached hydrogen (secondary N) is 2. The van der Waals surface area contributed by atoms with Gasteiger partial charge in [-0.25, -0.2) is 4.79 Å². The van der Waals surface area contributed by atoms with Crippen LogP contribution in [0.2, 0.25) is 5.02 Å². The predicted molar refractivity (Wildman–Crippen MR) is 126 cm³/mol. The number of carbonyl (C=O) groups excluding carboxylic acids is 1. The van der Waals surface area contributed by atoms with Gasteiger partial charge in [0.05, 0.1) is 4.92 Å². The maximum atomic E-state index is 12.5. The molecule has 2 aromatic carbocycles. The molecular formula is C24H29ClN4O3. The van der Waals surface area contributed by atoms with E-state index in [-0.39, 0.29) is 17.8 Å². The number of carbonyl (C=O) groups is 1. The van der Waals surface area contributed by atoms with Gasteiger partial charge in [0.2, 0.25) is 0 Å². The maximum Gasteiger partial charge on any atom is 0.319 e. The Bertz CT molecular complexity index is 927. The zero-order valence-corrected chi connectivity index (χ0v) is 18.8. The minimum absolute atomic E-state index is 0.00581. The third kappa shape index (κ3) is 5.78. The van der Waals surface area contributed by atoms with Crippen molar-refractivity contribution >= 4 is 29.0 Å². The smallest absolute Gasteiger partial charge is 0.319 e. The van der Waals surface area contributed by atoms with Crippen LogP contribution in [0.1, 0.15) is 37.7 Å². The molecule has 2 N–H and O–H groups in total. The molecule has 1 aliphatic carbocycles. The Morgan fingerprint density at radius 2 is 1.72 bits per heavy atom. The molecule has 2 amide bonds. The van der Waals surface area contributed by atoms with Crippen LogP contribution in [0.25, 0.3) is 0 Å². The van der Waals surface area contributed by atoms with Gasteiger partial charge < -0.3 is 10.6 Å². The minimum Gasteiger partial charge on any atom is -0.334 e. The highest BCUT2D eigenvalue weighted by Gasteiger charge is 2.35. The van der Waals surface area contributed by atoms with Crippen molar-refractivity contribution < 1.29 is 9.72 Å².